The number of hydrogen-bond donors (Lipinski definition) is 1. The molecule has 5 aliphatic rings. The first-order valence-electron chi connectivity index (χ1n) is 15.0. The maximum atomic E-state index is 13.9. The van der Waals surface area contributed by atoms with Crippen LogP contribution in [0.15, 0.2) is 11.6 Å². The van der Waals surface area contributed by atoms with Crippen LogP contribution in [0.3, 0.4) is 0 Å². The van der Waals surface area contributed by atoms with Crippen LogP contribution in [-0.2, 0) is 28.6 Å². The van der Waals surface area contributed by atoms with E-state index in [0.717, 1.165) is 50.5 Å². The third-order valence-electron chi connectivity index (χ3n) is 10.9. The molecule has 5 aliphatic carbocycles. The molecular weight excluding hydrogens is 500 g/mol. The normalized spacial score (nSPS) is 39.1. The molecule has 0 unspecified atom stereocenters. The van der Waals surface area contributed by atoms with Gasteiger partial charge in [-0.25, -0.2) is 4.79 Å². The zero-order valence-electron chi connectivity index (χ0n) is 23.7. The third kappa shape index (κ3) is 4.85. The van der Waals surface area contributed by atoms with E-state index in [1.54, 1.807) is 6.08 Å². The van der Waals surface area contributed by atoms with E-state index in [0.29, 0.717) is 32.1 Å². The molecular formula is C31H44O8. The van der Waals surface area contributed by atoms with Gasteiger partial charge in [0.05, 0.1) is 18.6 Å². The van der Waals surface area contributed by atoms with Crippen molar-refractivity contribution in [1.82, 2.24) is 0 Å². The first kappa shape index (κ1) is 28.3. The smallest absolute Gasteiger partial charge is 0.457 e. The number of hydrogen-bond acceptors (Lipinski definition) is 8. The fraction of sp³-hybridized carbons (Fsp3) is 0.806. The van der Waals surface area contributed by atoms with E-state index in [9.17, 15) is 24.3 Å². The summed E-state index contributed by atoms with van der Waals surface area (Å²) in [5.74, 6) is -0.648. The van der Waals surface area contributed by atoms with Gasteiger partial charge in [0.1, 0.15) is 0 Å². The number of allylic oxidation sites excluding steroid dienone is 1. The summed E-state index contributed by atoms with van der Waals surface area (Å²) in [5.41, 5.74) is -1.48. The number of unbranched alkanes of at least 4 members (excludes halogenated alkanes) is 2. The molecule has 0 radical (unpaired) electrons. The number of aliphatic hydroxyl groups excluding tert-OH is 1. The van der Waals surface area contributed by atoms with Crippen molar-refractivity contribution in [3.63, 3.8) is 0 Å². The summed E-state index contributed by atoms with van der Waals surface area (Å²) < 4.78 is 16.8. The molecule has 0 aromatic rings. The number of aliphatic hydroxyl groups is 1. The van der Waals surface area contributed by atoms with Crippen molar-refractivity contribution in [3.8, 4) is 0 Å². The van der Waals surface area contributed by atoms with E-state index in [4.69, 9.17) is 14.2 Å². The Morgan fingerprint density at radius 2 is 1.79 bits per heavy atom. The van der Waals surface area contributed by atoms with E-state index in [1.165, 1.54) is 0 Å². The largest absolute Gasteiger partial charge is 0.509 e. The van der Waals surface area contributed by atoms with Crippen LogP contribution in [-0.4, -0.2) is 53.7 Å². The number of Topliss-reactive ketones (excluding diaryl/α,β-unsaturated/α-hetero) is 1. The quantitative estimate of drug-likeness (QED) is 0.315. The average molecular weight is 545 g/mol. The van der Waals surface area contributed by atoms with Crippen molar-refractivity contribution in [2.45, 2.75) is 110 Å². The van der Waals surface area contributed by atoms with Crippen LogP contribution in [0.1, 0.15) is 97.8 Å². The number of fused-ring (bicyclic) bond motifs is 5. The van der Waals surface area contributed by atoms with Gasteiger partial charge in [-0.1, -0.05) is 39.2 Å². The molecule has 0 saturated heterocycles. The van der Waals surface area contributed by atoms with Gasteiger partial charge in [0.15, 0.2) is 18.0 Å². The number of rotatable bonds is 9. The number of ether oxygens (including phenoxy) is 3. The van der Waals surface area contributed by atoms with E-state index in [2.05, 4.69) is 13.8 Å². The summed E-state index contributed by atoms with van der Waals surface area (Å²) in [5, 5.41) is 11.8. The van der Waals surface area contributed by atoms with Gasteiger partial charge >= 0.3 is 12.1 Å². The van der Waals surface area contributed by atoms with Gasteiger partial charge in [-0.05, 0) is 87.0 Å². The molecule has 8 nitrogen and oxygen atoms in total. The molecule has 216 valence electrons. The SMILES string of the molecule is CCCCCOC(=O)O[C@]1(C(=O)COC(=O)C2CC2)CC[C@H]2[C@@H]3CCC4=CC(=O)CC[C@]4(C)[C@H]3[C@@H](O)C[C@@]21C. The molecule has 4 fully saturated rings. The molecule has 7 atom stereocenters. The highest BCUT2D eigenvalue weighted by atomic mass is 16.7. The molecule has 0 amide bonds. The molecule has 0 bridgehead atoms. The van der Waals surface area contributed by atoms with Crippen LogP contribution in [0.5, 0.6) is 0 Å². The minimum absolute atomic E-state index is 0.0248. The highest BCUT2D eigenvalue weighted by molar-refractivity contribution is 5.93. The Morgan fingerprint density at radius 1 is 1.03 bits per heavy atom. The fourth-order valence-corrected chi connectivity index (χ4v) is 8.73. The lowest BCUT2D eigenvalue weighted by atomic mass is 9.45. The highest BCUT2D eigenvalue weighted by Crippen LogP contribution is 2.68. The summed E-state index contributed by atoms with van der Waals surface area (Å²) in [6.07, 6.45) is 8.46. The van der Waals surface area contributed by atoms with Crippen molar-refractivity contribution < 1.29 is 38.5 Å². The Kier molecular flexibility index (Phi) is 7.72. The Labute approximate surface area is 231 Å². The Morgan fingerprint density at radius 3 is 2.51 bits per heavy atom. The molecule has 0 aromatic carbocycles. The van der Waals surface area contributed by atoms with Crippen LogP contribution in [0, 0.1) is 34.5 Å². The molecule has 0 heterocycles. The number of carbonyl (C=O) groups excluding carboxylic acids is 4. The Hall–Kier alpha value is -2.22. The maximum absolute atomic E-state index is 13.9. The number of carbonyl (C=O) groups is 4. The van der Waals surface area contributed by atoms with Crippen molar-refractivity contribution >= 4 is 23.7 Å². The first-order valence-corrected chi connectivity index (χ1v) is 15.0. The maximum Gasteiger partial charge on any atom is 0.509 e. The Bertz CT molecular complexity index is 1050. The minimum Gasteiger partial charge on any atom is -0.457 e. The number of esters is 1. The average Bonchev–Trinajstić information content (AvgIpc) is 3.70. The van der Waals surface area contributed by atoms with E-state index < -0.39 is 35.7 Å². The molecule has 0 spiro atoms. The molecule has 8 heteroatoms. The second kappa shape index (κ2) is 10.6. The van der Waals surface area contributed by atoms with Gasteiger partial charge in [-0.15, -0.1) is 0 Å². The molecule has 0 aliphatic heterocycles. The van der Waals surface area contributed by atoms with E-state index in [-0.39, 0.29) is 47.4 Å². The van der Waals surface area contributed by atoms with Gasteiger partial charge < -0.3 is 19.3 Å². The van der Waals surface area contributed by atoms with Gasteiger partial charge in [0.25, 0.3) is 0 Å². The van der Waals surface area contributed by atoms with Gasteiger partial charge in [-0.3, -0.25) is 14.4 Å². The van der Waals surface area contributed by atoms with Crippen LogP contribution in [0.4, 0.5) is 4.79 Å². The van der Waals surface area contributed by atoms with E-state index >= 15 is 0 Å². The summed E-state index contributed by atoms with van der Waals surface area (Å²) >= 11 is 0. The van der Waals surface area contributed by atoms with Crippen molar-refractivity contribution in [1.29, 1.82) is 0 Å². The van der Waals surface area contributed by atoms with E-state index in [1.807, 2.05) is 6.92 Å². The van der Waals surface area contributed by atoms with Crippen molar-refractivity contribution in [2.24, 2.45) is 34.5 Å². The monoisotopic (exact) mass is 544 g/mol. The number of ketones is 2. The summed E-state index contributed by atoms with van der Waals surface area (Å²) in [4.78, 5) is 51.4. The standard InChI is InChI=1S/C31H44O8/c1-4-5-6-15-37-28(36)39-31(25(34)18-38-27(35)19-7-8-19)14-12-23-22-10-9-20-16-21(32)11-13-29(20,2)26(22)24(33)17-30(23,31)3/h16,19,22-24,26,33H,4-15,17-18H2,1-3H3/t22-,23-,24-,26+,29-,30-,31-/m0/s1. The van der Waals surface area contributed by atoms with Crippen LogP contribution in [0.2, 0.25) is 0 Å². The van der Waals surface area contributed by atoms with Crippen LogP contribution >= 0.6 is 0 Å². The molecule has 1 N–H and O–H groups in total. The lowest BCUT2D eigenvalue weighted by Crippen LogP contribution is -2.63. The predicted molar refractivity (Wildman–Crippen MR) is 141 cm³/mol. The molecule has 0 aromatic heterocycles. The van der Waals surface area contributed by atoms with Crippen LogP contribution < -0.4 is 0 Å². The topological polar surface area (TPSA) is 116 Å². The zero-order chi connectivity index (χ0) is 28.0. The Balaban J connectivity index is 1.42. The zero-order valence-corrected chi connectivity index (χ0v) is 23.7. The van der Waals surface area contributed by atoms with Gasteiger partial charge in [0.2, 0.25) is 5.78 Å². The molecule has 5 rings (SSSR count). The lowest BCUT2D eigenvalue weighted by Gasteiger charge is -2.60. The fourth-order valence-electron chi connectivity index (χ4n) is 8.73. The first-order chi connectivity index (χ1) is 18.6. The molecule has 39 heavy (non-hydrogen) atoms. The second-order valence-electron chi connectivity index (χ2n) is 13.2. The van der Waals surface area contributed by atoms with Crippen molar-refractivity contribution in [3.05, 3.63) is 11.6 Å². The predicted octanol–water partition coefficient (Wildman–Crippen LogP) is 5.09. The van der Waals surface area contributed by atoms with Crippen LogP contribution in [0.25, 0.3) is 0 Å². The second-order valence-corrected chi connectivity index (χ2v) is 13.2. The summed E-state index contributed by atoms with van der Waals surface area (Å²) in [6, 6.07) is 0. The third-order valence-corrected chi connectivity index (χ3v) is 10.9. The molecule has 4 saturated carbocycles. The lowest BCUT2D eigenvalue weighted by molar-refractivity contribution is -0.189. The van der Waals surface area contributed by atoms with Gasteiger partial charge in [-0.2, -0.15) is 0 Å². The minimum atomic E-state index is -1.53. The summed E-state index contributed by atoms with van der Waals surface area (Å²) in [7, 11) is 0. The van der Waals surface area contributed by atoms with Crippen molar-refractivity contribution in [2.75, 3.05) is 13.2 Å². The summed E-state index contributed by atoms with van der Waals surface area (Å²) in [6.45, 7) is 5.98. The highest BCUT2D eigenvalue weighted by Gasteiger charge is 2.70. The van der Waals surface area contributed by atoms with Gasteiger partial charge in [0, 0.05) is 11.8 Å².